The van der Waals surface area contributed by atoms with Gasteiger partial charge in [-0.3, -0.25) is 19.5 Å². The van der Waals surface area contributed by atoms with Gasteiger partial charge >= 0.3 is 12.2 Å². The molecule has 7 N–H and O–H groups in total. The van der Waals surface area contributed by atoms with Crippen LogP contribution in [0.2, 0.25) is 103 Å². The fourth-order valence-corrected chi connectivity index (χ4v) is 17.8. The van der Waals surface area contributed by atoms with Gasteiger partial charge in [0.25, 0.3) is 37.4 Å². The zero-order valence-corrected chi connectivity index (χ0v) is 82.2. The Kier molecular flexibility index (Phi) is 34.9. The Bertz CT molecular complexity index is 5060. The molecule has 8 bridgehead atoms. The van der Waals surface area contributed by atoms with Crippen molar-refractivity contribution in [2.75, 3.05) is 73.0 Å². The van der Waals surface area contributed by atoms with Gasteiger partial charge in [0.2, 0.25) is 17.6 Å². The molecular weight excluding hydrogens is 1730 g/mol. The number of nitrogens with zero attached hydrogens (tertiary/aromatic N) is 12. The van der Waals surface area contributed by atoms with Crippen LogP contribution >= 0.6 is 15.9 Å². The third-order valence-electron chi connectivity index (χ3n) is 19.1. The van der Waals surface area contributed by atoms with Crippen molar-refractivity contribution in [3.63, 3.8) is 0 Å². The summed E-state index contributed by atoms with van der Waals surface area (Å²) in [6.07, 6.45) is 11.0. The summed E-state index contributed by atoms with van der Waals surface area (Å²) >= 11 is 3.39. The number of hydrogen-bond donors (Lipinski definition) is 7. The molecule has 4 aliphatic heterocycles. The zero-order chi connectivity index (χ0) is 90.6. The van der Waals surface area contributed by atoms with Crippen LogP contribution in [0, 0.1) is 11.8 Å². The summed E-state index contributed by atoms with van der Waals surface area (Å²) in [6.45, 7) is 52.0. The lowest BCUT2D eigenvalue weighted by molar-refractivity contribution is 0.0502. The van der Waals surface area contributed by atoms with Crippen molar-refractivity contribution in [2.24, 2.45) is 11.8 Å². The van der Waals surface area contributed by atoms with E-state index in [9.17, 15) is 40.8 Å². The van der Waals surface area contributed by atoms with Crippen LogP contribution < -0.4 is 49.6 Å². The van der Waals surface area contributed by atoms with E-state index in [2.05, 4.69) is 193 Å². The molecule has 122 heavy (non-hydrogen) atoms. The van der Waals surface area contributed by atoms with Gasteiger partial charge in [0, 0.05) is 119 Å². The van der Waals surface area contributed by atoms with Gasteiger partial charge < -0.3 is 49.2 Å². The molecule has 12 heterocycles. The number of aliphatic hydroxyl groups is 1. The van der Waals surface area contributed by atoms with E-state index in [1.165, 1.54) is 30.4 Å². The van der Waals surface area contributed by atoms with E-state index >= 15 is 0 Å². The summed E-state index contributed by atoms with van der Waals surface area (Å²) in [4.78, 5) is 82.3. The van der Waals surface area contributed by atoms with Crippen LogP contribution in [-0.2, 0) is 29.5 Å². The smallest absolute Gasteiger partial charge is 0.435 e. The molecule has 0 aliphatic carbocycles. The first-order valence-electron chi connectivity index (χ1n) is 41.2. The SMILES string of the molecule is CC(C)(C)OC(=O)n1ccc(=O)[nH]1.CC(C)(C)OC(=O)n1ccc(OCC[Si](C)(C)C)n1.CC1(C)C[C@@H]2CCCNc3cccc(n3)S(=O)(=O)NC(=O)c3ccc(-n4ccc(OCC[Si](C)(C)C)n4)nc3N1C2.CC1(C)C[C@@H]2CCCNc3cccc(n3)S(=O)(=O)NC(=O)c3ccc(Br)nc3N1C2.C[Si](C)(C)CCO.C[Si](C)(C)CCOc1ccn[nH]1. The first-order valence-corrected chi connectivity index (χ1v) is 59.8. The average molecular weight is 1860 g/mol. The maximum Gasteiger partial charge on any atom is 0.435 e. The minimum absolute atomic E-state index is 0.175. The Balaban J connectivity index is 0.000000221. The lowest BCUT2D eigenvalue weighted by atomic mass is 9.93. The maximum atomic E-state index is 13.6. The van der Waals surface area contributed by atoms with Gasteiger partial charge in [-0.2, -0.15) is 31.3 Å². The molecule has 0 unspecified atom stereocenters. The van der Waals surface area contributed by atoms with Crippen molar-refractivity contribution in [2.45, 2.75) is 243 Å². The average Bonchev–Trinajstić information content (AvgIpc) is 1.58. The summed E-state index contributed by atoms with van der Waals surface area (Å²) in [5.74, 6) is 3.45. The number of rotatable bonds is 15. The summed E-state index contributed by atoms with van der Waals surface area (Å²) < 4.78 is 87.8. The summed E-state index contributed by atoms with van der Waals surface area (Å²) in [5, 5.41) is 31.9. The van der Waals surface area contributed by atoms with E-state index in [1.54, 1.807) is 105 Å². The molecule has 4 aliphatic rings. The lowest BCUT2D eigenvalue weighted by Gasteiger charge is -2.34. The second-order valence-electron chi connectivity index (χ2n) is 38.5. The molecule has 2 atom stereocenters. The van der Waals surface area contributed by atoms with Gasteiger partial charge in [-0.15, -0.1) is 10.2 Å². The van der Waals surface area contributed by atoms with Gasteiger partial charge in [-0.05, 0) is 208 Å². The molecule has 2 amide bonds. The number of nitrogens with one attached hydrogen (secondary N) is 6. The van der Waals surface area contributed by atoms with Crippen LogP contribution in [0.15, 0.2) is 129 Å². The van der Waals surface area contributed by atoms with Crippen molar-refractivity contribution < 1.29 is 64.8 Å². The van der Waals surface area contributed by atoms with Crippen LogP contribution in [0.5, 0.6) is 17.6 Å². The number of ether oxygens (including phenoxy) is 5. The normalized spacial score (nSPS) is 17.4. The molecule has 33 nitrogen and oxygen atoms in total. The van der Waals surface area contributed by atoms with Crippen molar-refractivity contribution in [3.8, 4) is 23.5 Å². The molecule has 672 valence electrons. The molecule has 0 spiro atoms. The van der Waals surface area contributed by atoms with E-state index in [-0.39, 0.29) is 37.8 Å². The second-order valence-corrected chi connectivity index (χ2v) is 65.1. The Morgan fingerprint density at radius 2 is 1.01 bits per heavy atom. The number of hydrogen-bond acceptors (Lipinski definition) is 26. The number of sulfonamides is 2. The number of aromatic amines is 2. The maximum absolute atomic E-state index is 13.6. The predicted molar refractivity (Wildman–Crippen MR) is 491 cm³/mol. The van der Waals surface area contributed by atoms with Gasteiger partial charge in [-0.25, -0.2) is 48.7 Å². The number of aromatic nitrogens is 12. The number of halogens is 1. The lowest BCUT2D eigenvalue weighted by Crippen LogP contribution is -2.41. The van der Waals surface area contributed by atoms with E-state index < -0.39 is 87.5 Å². The highest BCUT2D eigenvalue weighted by Gasteiger charge is 2.43. The summed E-state index contributed by atoms with van der Waals surface area (Å²) in [5.41, 5.74) is -1.52. The van der Waals surface area contributed by atoms with E-state index in [0.717, 1.165) is 85.1 Å². The highest BCUT2D eigenvalue weighted by Crippen LogP contribution is 2.42. The fraction of sp³-hybridized carbons (Fsp3) is 0.561. The van der Waals surface area contributed by atoms with Crippen LogP contribution in [0.1, 0.15) is 128 Å². The molecule has 0 aromatic carbocycles. The third-order valence-corrected chi connectivity index (χ3v) is 28.8. The van der Waals surface area contributed by atoms with Crippen molar-refractivity contribution >= 4 is 116 Å². The van der Waals surface area contributed by atoms with Crippen LogP contribution in [0.25, 0.3) is 5.82 Å². The van der Waals surface area contributed by atoms with E-state index in [4.69, 9.17) is 33.8 Å². The molecule has 12 rings (SSSR count). The molecule has 2 fully saturated rings. The highest BCUT2D eigenvalue weighted by molar-refractivity contribution is 9.10. The molecule has 40 heteroatoms. The first kappa shape index (κ1) is 100. The number of H-pyrrole nitrogens is 2. The third kappa shape index (κ3) is 33.5. The standard InChI is InChI=1S/C28H39N7O4SSi.C20H24BrN5O3S.C13H24N2O3Si.C8H12N2O3.C8H16N2OSi.C5H14OSi/c1-28(2)18-20-8-7-14-29-22-9-6-10-25(30-22)40(37,38)33-27(36)21-11-12-23(31-26(21)34(28)19-20)35-15-13-24(32-35)39-16-17-41(3,4)5;1-20(2)11-13-5-4-10-22-16-6-3-7-17(24-16)30(28,29)25-19(27)14-8-9-15(21)23-18(14)26(20)12-13;1-13(2,3)18-12(16)15-8-7-11(14-15)17-9-10-19(4,5)6;1-8(2,3)13-7(12)10-5-4-6(11)9-10;1-12(2,3)7-6-11-8-4-5-9-10-8;1-7(2,3)5-4-6/h6,9-13,15,20H,7-8,14,16-19H2,1-5H3,(H,29,30)(H,33,36);3,6-9,13H,4-5,10-12H2,1-2H3,(H,22,24)(H,25,27);7-8H,9-10H2,1-6H3;4-5H,1-3H3,(H,9,11);4-5H,6-7H2,1-3H3,(H,9,10);6H,4-5H2,1-3H3/t20-;13-;;;;/m00..../s1. The monoisotopic (exact) mass is 1860 g/mol. The number of carbonyl (C=O) groups is 4. The van der Waals surface area contributed by atoms with Crippen molar-refractivity contribution in [1.29, 1.82) is 0 Å². The topological polar surface area (TPSA) is 411 Å². The number of anilines is 4. The molecule has 0 saturated carbocycles. The Labute approximate surface area is 731 Å². The molecule has 0 radical (unpaired) electrons. The Morgan fingerprint density at radius 3 is 1.45 bits per heavy atom. The van der Waals surface area contributed by atoms with E-state index in [0.29, 0.717) is 96.7 Å². The quantitative estimate of drug-likeness (QED) is 0.0370. The number of amides is 2. The largest absolute Gasteiger partial charge is 0.478 e. The predicted octanol–water partition coefficient (Wildman–Crippen LogP) is 15.3. The van der Waals surface area contributed by atoms with E-state index in [1.807, 2.05) is 26.8 Å². The minimum Gasteiger partial charge on any atom is -0.478 e. The Morgan fingerprint density at radius 1 is 0.549 bits per heavy atom. The summed E-state index contributed by atoms with van der Waals surface area (Å²) in [6, 6.07) is 26.8. The van der Waals surface area contributed by atoms with Crippen LogP contribution in [0.3, 0.4) is 0 Å². The van der Waals surface area contributed by atoms with Gasteiger partial charge in [0.15, 0.2) is 15.9 Å². The van der Waals surface area contributed by atoms with Crippen molar-refractivity contribution in [1.82, 2.24) is 68.9 Å². The first-order chi connectivity index (χ1) is 56.5. The number of pyridine rings is 4. The van der Waals surface area contributed by atoms with Crippen LogP contribution in [-0.4, -0.2) is 213 Å². The zero-order valence-electron chi connectivity index (χ0n) is 75.0. The van der Waals surface area contributed by atoms with Crippen molar-refractivity contribution in [3.05, 3.63) is 136 Å². The summed E-state index contributed by atoms with van der Waals surface area (Å²) in [7, 11) is -12.6. The highest BCUT2D eigenvalue weighted by atomic mass is 79.9. The molecule has 8 aromatic heterocycles. The molecule has 2 saturated heterocycles. The number of fused-ring (bicyclic) bond motifs is 12. The number of carbonyl (C=O) groups excluding carboxylic acids is 4. The fourth-order valence-electron chi connectivity index (χ4n) is 12.8. The number of aliphatic hydroxyl groups excluding tert-OH is 1. The Hall–Kier alpha value is -9.07. The van der Waals surface area contributed by atoms with Gasteiger partial charge in [-0.1, -0.05) is 90.7 Å². The van der Waals surface area contributed by atoms with Gasteiger partial charge in [0.1, 0.15) is 39.1 Å². The minimum atomic E-state index is -4.22. The van der Waals surface area contributed by atoms with Gasteiger partial charge in [0.05, 0.1) is 37.1 Å². The van der Waals surface area contributed by atoms with Crippen LogP contribution in [0.4, 0.5) is 32.9 Å². The molecular formula is C82H129BrN18O15S2Si4. The second kappa shape index (κ2) is 42.5. The molecule has 8 aromatic rings.